The predicted molar refractivity (Wildman–Crippen MR) is 97.8 cm³/mol. The molecule has 0 unspecified atom stereocenters. The highest BCUT2D eigenvalue weighted by molar-refractivity contribution is 5.96. The molecule has 1 atom stereocenters. The second kappa shape index (κ2) is 7.39. The zero-order valence-electron chi connectivity index (χ0n) is 14.3. The van der Waals surface area contributed by atoms with Crippen LogP contribution >= 0.6 is 0 Å². The van der Waals surface area contributed by atoms with Crippen molar-refractivity contribution in [3.05, 3.63) is 54.1 Å². The molecule has 1 aliphatic rings. The van der Waals surface area contributed by atoms with Crippen molar-refractivity contribution >= 4 is 17.3 Å². The molecule has 1 N–H and O–H groups in total. The number of benzene rings is 2. The van der Waals surface area contributed by atoms with Crippen molar-refractivity contribution < 1.29 is 9.53 Å². The molecule has 126 valence electrons. The average molecular weight is 324 g/mol. The normalized spacial score (nSPS) is 14.7. The molecule has 0 bridgehead atoms. The zero-order chi connectivity index (χ0) is 16.9. The van der Waals surface area contributed by atoms with Crippen molar-refractivity contribution in [3.8, 4) is 5.75 Å². The number of hydrogen-bond acceptors (Lipinski definition) is 3. The van der Waals surface area contributed by atoms with Crippen molar-refractivity contribution in [1.82, 2.24) is 0 Å². The molecule has 2 aromatic rings. The number of ether oxygens (including phenoxy) is 1. The molecule has 0 fully saturated rings. The Kier molecular flexibility index (Phi) is 5.04. The van der Waals surface area contributed by atoms with E-state index in [2.05, 4.69) is 28.4 Å². The molecule has 0 aromatic heterocycles. The smallest absolute Gasteiger partial charge is 0.246 e. The van der Waals surface area contributed by atoms with Crippen molar-refractivity contribution in [2.45, 2.75) is 32.7 Å². The summed E-state index contributed by atoms with van der Waals surface area (Å²) < 4.78 is 5.43. The monoisotopic (exact) mass is 324 g/mol. The number of rotatable bonds is 5. The Hall–Kier alpha value is -2.49. The maximum atomic E-state index is 12.6. The van der Waals surface area contributed by atoms with Crippen LogP contribution < -0.4 is 15.0 Å². The van der Waals surface area contributed by atoms with Gasteiger partial charge < -0.3 is 15.0 Å². The highest BCUT2D eigenvalue weighted by Gasteiger charge is 2.25. The first-order valence-electron chi connectivity index (χ1n) is 8.57. The Morgan fingerprint density at radius 2 is 1.96 bits per heavy atom. The van der Waals surface area contributed by atoms with Crippen LogP contribution in [-0.2, 0) is 11.2 Å². The summed E-state index contributed by atoms with van der Waals surface area (Å²) in [6.07, 6.45) is 2.16. The van der Waals surface area contributed by atoms with Gasteiger partial charge in [-0.15, -0.1) is 0 Å². The highest BCUT2D eigenvalue weighted by atomic mass is 16.5. The van der Waals surface area contributed by atoms with Crippen molar-refractivity contribution in [1.29, 1.82) is 0 Å². The van der Waals surface area contributed by atoms with Gasteiger partial charge in [0.05, 0.1) is 6.61 Å². The van der Waals surface area contributed by atoms with E-state index < -0.39 is 0 Å². The summed E-state index contributed by atoms with van der Waals surface area (Å²) in [4.78, 5) is 14.8. The maximum absolute atomic E-state index is 12.6. The van der Waals surface area contributed by atoms with Crippen molar-refractivity contribution in [3.63, 3.8) is 0 Å². The van der Waals surface area contributed by atoms with E-state index in [0.29, 0.717) is 6.61 Å². The molecule has 0 radical (unpaired) electrons. The van der Waals surface area contributed by atoms with Gasteiger partial charge in [0, 0.05) is 17.9 Å². The lowest BCUT2D eigenvalue weighted by Crippen LogP contribution is -2.44. The van der Waals surface area contributed by atoms with Crippen LogP contribution in [-0.4, -0.2) is 25.1 Å². The van der Waals surface area contributed by atoms with Crippen molar-refractivity contribution in [2.24, 2.45) is 0 Å². The topological polar surface area (TPSA) is 41.6 Å². The largest absolute Gasteiger partial charge is 0.494 e. The summed E-state index contributed by atoms with van der Waals surface area (Å²) in [5, 5.41) is 3.00. The number of carbonyl (C=O) groups is 1. The number of carbonyl (C=O) groups excluding carboxylic acids is 1. The molecule has 1 aliphatic heterocycles. The Morgan fingerprint density at radius 3 is 2.71 bits per heavy atom. The van der Waals surface area contributed by atoms with Gasteiger partial charge in [-0.25, -0.2) is 0 Å². The quantitative estimate of drug-likeness (QED) is 0.908. The molecular weight excluding hydrogens is 300 g/mol. The first-order valence-corrected chi connectivity index (χ1v) is 8.57. The third-order valence-electron chi connectivity index (χ3n) is 4.43. The molecule has 1 amide bonds. The zero-order valence-corrected chi connectivity index (χ0v) is 14.3. The fourth-order valence-corrected chi connectivity index (χ4v) is 3.15. The summed E-state index contributed by atoms with van der Waals surface area (Å²) in [6, 6.07) is 15.6. The van der Waals surface area contributed by atoms with Crippen LogP contribution in [0, 0.1) is 0 Å². The van der Waals surface area contributed by atoms with Gasteiger partial charge in [0.2, 0.25) is 5.91 Å². The van der Waals surface area contributed by atoms with E-state index in [1.807, 2.05) is 44.2 Å². The minimum atomic E-state index is -0.210. The fourth-order valence-electron chi connectivity index (χ4n) is 3.15. The van der Waals surface area contributed by atoms with Gasteiger partial charge in [0.15, 0.2) is 0 Å². The number of para-hydroxylation sites is 1. The summed E-state index contributed by atoms with van der Waals surface area (Å²) in [5.74, 6) is 0.823. The molecular formula is C20H24N2O2. The Morgan fingerprint density at radius 1 is 1.21 bits per heavy atom. The Balaban J connectivity index is 1.69. The molecule has 0 saturated carbocycles. The van der Waals surface area contributed by atoms with Gasteiger partial charge in [0.1, 0.15) is 11.8 Å². The van der Waals surface area contributed by atoms with E-state index in [1.54, 1.807) is 0 Å². The number of amides is 1. The van der Waals surface area contributed by atoms with E-state index in [9.17, 15) is 4.79 Å². The van der Waals surface area contributed by atoms with Crippen LogP contribution in [0.4, 0.5) is 11.4 Å². The molecule has 4 heteroatoms. The first-order chi connectivity index (χ1) is 11.7. The number of aryl methyl sites for hydroxylation is 1. The SMILES string of the molecule is CCOc1ccc(NC(=O)[C@@H](C)N2CCCc3ccccc32)cc1. The third-order valence-corrected chi connectivity index (χ3v) is 4.43. The van der Waals surface area contributed by atoms with Gasteiger partial charge in [-0.2, -0.15) is 0 Å². The molecule has 4 nitrogen and oxygen atoms in total. The van der Waals surface area contributed by atoms with Crippen LogP contribution in [0.25, 0.3) is 0 Å². The molecule has 0 spiro atoms. The molecule has 0 aliphatic carbocycles. The van der Waals surface area contributed by atoms with Gasteiger partial charge in [-0.1, -0.05) is 18.2 Å². The van der Waals surface area contributed by atoms with Crippen LogP contribution in [0.3, 0.4) is 0 Å². The summed E-state index contributed by atoms with van der Waals surface area (Å²) in [7, 11) is 0. The average Bonchev–Trinajstić information content (AvgIpc) is 2.62. The summed E-state index contributed by atoms with van der Waals surface area (Å²) >= 11 is 0. The lowest BCUT2D eigenvalue weighted by molar-refractivity contribution is -0.117. The predicted octanol–water partition coefficient (Wildman–Crippen LogP) is 3.87. The first kappa shape index (κ1) is 16.4. The van der Waals surface area contributed by atoms with Crippen molar-refractivity contribution in [2.75, 3.05) is 23.4 Å². The van der Waals surface area contributed by atoms with E-state index >= 15 is 0 Å². The number of hydrogen-bond donors (Lipinski definition) is 1. The van der Waals surface area contributed by atoms with E-state index in [1.165, 1.54) is 11.3 Å². The van der Waals surface area contributed by atoms with Crippen LogP contribution in [0.5, 0.6) is 5.75 Å². The molecule has 0 saturated heterocycles. The minimum absolute atomic E-state index is 0.0101. The second-order valence-corrected chi connectivity index (χ2v) is 6.05. The maximum Gasteiger partial charge on any atom is 0.246 e. The molecule has 2 aromatic carbocycles. The summed E-state index contributed by atoms with van der Waals surface area (Å²) in [6.45, 7) is 5.46. The van der Waals surface area contributed by atoms with Crippen LogP contribution in [0.2, 0.25) is 0 Å². The fraction of sp³-hybridized carbons (Fsp3) is 0.350. The van der Waals surface area contributed by atoms with E-state index in [-0.39, 0.29) is 11.9 Å². The van der Waals surface area contributed by atoms with Gasteiger partial charge in [-0.05, 0) is 62.6 Å². The molecule has 3 rings (SSSR count). The lowest BCUT2D eigenvalue weighted by atomic mass is 10.00. The summed E-state index contributed by atoms with van der Waals surface area (Å²) in [5.41, 5.74) is 3.29. The standard InChI is InChI=1S/C20H24N2O2/c1-3-24-18-12-10-17(11-13-18)21-20(23)15(2)22-14-6-8-16-7-4-5-9-19(16)22/h4-5,7,9-13,15H,3,6,8,14H2,1-2H3,(H,21,23)/t15-/m1/s1. The Bertz CT molecular complexity index is 697. The number of anilines is 2. The van der Waals surface area contributed by atoms with E-state index in [0.717, 1.165) is 30.8 Å². The molecule has 24 heavy (non-hydrogen) atoms. The molecule has 1 heterocycles. The number of nitrogens with one attached hydrogen (secondary N) is 1. The number of nitrogens with zero attached hydrogens (tertiary/aromatic N) is 1. The lowest BCUT2D eigenvalue weighted by Gasteiger charge is -2.35. The van der Waals surface area contributed by atoms with Crippen LogP contribution in [0.1, 0.15) is 25.8 Å². The second-order valence-electron chi connectivity index (χ2n) is 6.05. The minimum Gasteiger partial charge on any atom is -0.494 e. The third kappa shape index (κ3) is 3.53. The highest BCUT2D eigenvalue weighted by Crippen LogP contribution is 2.28. The van der Waals surface area contributed by atoms with Gasteiger partial charge in [0.25, 0.3) is 0 Å². The van der Waals surface area contributed by atoms with Gasteiger partial charge >= 0.3 is 0 Å². The Labute approximate surface area is 143 Å². The van der Waals surface area contributed by atoms with Crippen LogP contribution in [0.15, 0.2) is 48.5 Å². The van der Waals surface area contributed by atoms with E-state index in [4.69, 9.17) is 4.74 Å². The number of fused-ring (bicyclic) bond motifs is 1. The van der Waals surface area contributed by atoms with Gasteiger partial charge in [-0.3, -0.25) is 4.79 Å².